The summed E-state index contributed by atoms with van der Waals surface area (Å²) in [4.78, 5) is 2.23. The van der Waals surface area contributed by atoms with Crippen molar-refractivity contribution in [3.63, 3.8) is 0 Å². The smallest absolute Gasteiger partial charge is 0.0791 e. The third-order valence-corrected chi connectivity index (χ3v) is 3.07. The van der Waals surface area contributed by atoms with E-state index in [1.165, 1.54) is 0 Å². The second-order valence-corrected chi connectivity index (χ2v) is 4.74. The molecular weight excluding hydrogens is 220 g/mol. The summed E-state index contributed by atoms with van der Waals surface area (Å²) in [5.74, 6) is 0. The Morgan fingerprint density at radius 1 is 1.35 bits per heavy atom. The second kappa shape index (κ2) is 8.83. The van der Waals surface area contributed by atoms with Crippen LogP contribution >= 0.6 is 0 Å². The summed E-state index contributed by atoms with van der Waals surface area (Å²) in [5, 5.41) is 21.9. The van der Waals surface area contributed by atoms with Crippen LogP contribution in [0.5, 0.6) is 0 Å². The third kappa shape index (κ3) is 6.95. The number of rotatable bonds is 8. The fourth-order valence-corrected chi connectivity index (χ4v) is 1.98. The molecule has 1 aliphatic rings. The number of hydrogen-bond acceptors (Lipinski definition) is 5. The Balaban J connectivity index is 2.05. The van der Waals surface area contributed by atoms with Crippen molar-refractivity contribution in [2.45, 2.75) is 31.9 Å². The highest BCUT2D eigenvalue weighted by atomic mass is 16.5. The van der Waals surface area contributed by atoms with E-state index in [0.29, 0.717) is 19.1 Å². The monoisotopic (exact) mass is 246 g/mol. The van der Waals surface area contributed by atoms with Crippen molar-refractivity contribution >= 4 is 0 Å². The van der Waals surface area contributed by atoms with Gasteiger partial charge in [0, 0.05) is 38.8 Å². The Bertz CT molecular complexity index is 187. The molecule has 0 radical (unpaired) electrons. The quantitative estimate of drug-likeness (QED) is 0.535. The van der Waals surface area contributed by atoms with Crippen molar-refractivity contribution in [1.82, 2.24) is 10.2 Å². The molecule has 3 N–H and O–H groups in total. The number of nitrogens with one attached hydrogen (secondary N) is 1. The van der Waals surface area contributed by atoms with Crippen LogP contribution in [0.3, 0.4) is 0 Å². The van der Waals surface area contributed by atoms with Gasteiger partial charge in [0.25, 0.3) is 0 Å². The highest BCUT2D eigenvalue weighted by Gasteiger charge is 2.15. The first kappa shape index (κ1) is 14.9. The lowest BCUT2D eigenvalue weighted by atomic mass is 10.2. The van der Waals surface area contributed by atoms with Crippen molar-refractivity contribution < 1.29 is 14.9 Å². The topological polar surface area (TPSA) is 65.0 Å². The normalized spacial score (nSPS) is 21.4. The van der Waals surface area contributed by atoms with Gasteiger partial charge in [-0.15, -0.1) is 0 Å². The number of aliphatic hydroxyl groups excluding tert-OH is 2. The third-order valence-electron chi connectivity index (χ3n) is 3.07. The predicted molar refractivity (Wildman–Crippen MR) is 67.1 cm³/mol. The van der Waals surface area contributed by atoms with Crippen LogP contribution in [0.2, 0.25) is 0 Å². The summed E-state index contributed by atoms with van der Waals surface area (Å²) >= 11 is 0. The van der Waals surface area contributed by atoms with E-state index in [9.17, 15) is 5.11 Å². The molecule has 0 bridgehead atoms. The van der Waals surface area contributed by atoms with E-state index in [1.807, 2.05) is 0 Å². The zero-order chi connectivity index (χ0) is 12.5. The molecule has 0 aromatic carbocycles. The maximum Gasteiger partial charge on any atom is 0.0791 e. The van der Waals surface area contributed by atoms with Gasteiger partial charge in [-0.3, -0.25) is 4.90 Å². The van der Waals surface area contributed by atoms with Crippen LogP contribution in [0.25, 0.3) is 0 Å². The largest absolute Gasteiger partial charge is 0.396 e. The molecule has 0 aromatic rings. The fraction of sp³-hybridized carbons (Fsp3) is 1.00. The SMILES string of the molecule is CC(CCCO)NCC(O)CN1CCOCC1. The van der Waals surface area contributed by atoms with Crippen molar-refractivity contribution in [1.29, 1.82) is 0 Å². The zero-order valence-corrected chi connectivity index (χ0v) is 10.8. The van der Waals surface area contributed by atoms with Crippen LogP contribution < -0.4 is 5.32 Å². The number of β-amino-alcohol motifs (C(OH)–C–C–N with tert-alkyl or cyclic N) is 1. The molecule has 17 heavy (non-hydrogen) atoms. The molecule has 1 saturated heterocycles. The van der Waals surface area contributed by atoms with E-state index in [4.69, 9.17) is 9.84 Å². The lowest BCUT2D eigenvalue weighted by molar-refractivity contribution is 0.0145. The minimum atomic E-state index is -0.329. The highest BCUT2D eigenvalue weighted by Crippen LogP contribution is 1.99. The Morgan fingerprint density at radius 2 is 2.06 bits per heavy atom. The summed E-state index contributed by atoms with van der Waals surface area (Å²) in [5.41, 5.74) is 0. The summed E-state index contributed by atoms with van der Waals surface area (Å²) in [7, 11) is 0. The van der Waals surface area contributed by atoms with Gasteiger partial charge in [0.1, 0.15) is 0 Å². The first-order valence-corrected chi connectivity index (χ1v) is 6.54. The summed E-state index contributed by atoms with van der Waals surface area (Å²) in [6.07, 6.45) is 1.43. The van der Waals surface area contributed by atoms with Crippen LogP contribution in [0.4, 0.5) is 0 Å². The van der Waals surface area contributed by atoms with Crippen LogP contribution in [0.15, 0.2) is 0 Å². The van der Waals surface area contributed by atoms with E-state index in [-0.39, 0.29) is 12.7 Å². The average Bonchev–Trinajstić information content (AvgIpc) is 2.35. The van der Waals surface area contributed by atoms with Gasteiger partial charge < -0.3 is 20.3 Å². The first-order chi connectivity index (χ1) is 8.22. The Kier molecular flexibility index (Phi) is 7.72. The van der Waals surface area contributed by atoms with Gasteiger partial charge in [0.05, 0.1) is 19.3 Å². The molecule has 1 heterocycles. The Hall–Kier alpha value is -0.200. The van der Waals surface area contributed by atoms with E-state index >= 15 is 0 Å². The lowest BCUT2D eigenvalue weighted by Gasteiger charge is -2.29. The molecule has 2 atom stereocenters. The molecule has 0 aromatic heterocycles. The standard InChI is InChI=1S/C12H26N2O3/c1-11(3-2-6-15)13-9-12(16)10-14-4-7-17-8-5-14/h11-13,15-16H,2-10H2,1H3. The van der Waals surface area contributed by atoms with E-state index < -0.39 is 0 Å². The van der Waals surface area contributed by atoms with Gasteiger partial charge in [0.15, 0.2) is 0 Å². The number of ether oxygens (including phenoxy) is 1. The second-order valence-electron chi connectivity index (χ2n) is 4.74. The van der Waals surface area contributed by atoms with Crippen molar-refractivity contribution in [3.8, 4) is 0 Å². The summed E-state index contributed by atoms with van der Waals surface area (Å²) in [6, 6.07) is 0.349. The molecule has 1 rings (SSSR count). The molecule has 5 heteroatoms. The lowest BCUT2D eigenvalue weighted by Crippen LogP contribution is -2.44. The fourth-order valence-electron chi connectivity index (χ4n) is 1.98. The Morgan fingerprint density at radius 3 is 2.71 bits per heavy atom. The van der Waals surface area contributed by atoms with Crippen molar-refractivity contribution in [2.24, 2.45) is 0 Å². The minimum absolute atomic E-state index is 0.238. The van der Waals surface area contributed by atoms with Crippen LogP contribution in [-0.4, -0.2) is 73.3 Å². The number of morpholine rings is 1. The molecule has 0 saturated carbocycles. The van der Waals surface area contributed by atoms with Gasteiger partial charge in [-0.25, -0.2) is 0 Å². The van der Waals surface area contributed by atoms with Gasteiger partial charge in [0.2, 0.25) is 0 Å². The zero-order valence-electron chi connectivity index (χ0n) is 10.8. The Labute approximate surface area is 104 Å². The molecule has 5 nitrogen and oxygen atoms in total. The first-order valence-electron chi connectivity index (χ1n) is 6.54. The van der Waals surface area contributed by atoms with E-state index in [1.54, 1.807) is 0 Å². The van der Waals surface area contributed by atoms with E-state index in [2.05, 4.69) is 17.1 Å². The average molecular weight is 246 g/mol. The number of hydrogen-bond donors (Lipinski definition) is 3. The van der Waals surface area contributed by atoms with Crippen LogP contribution in [-0.2, 0) is 4.74 Å². The minimum Gasteiger partial charge on any atom is -0.396 e. The molecule has 0 spiro atoms. The molecule has 2 unspecified atom stereocenters. The molecule has 1 aliphatic heterocycles. The predicted octanol–water partition coefficient (Wildman–Crippen LogP) is -0.570. The van der Waals surface area contributed by atoms with Gasteiger partial charge in [-0.2, -0.15) is 0 Å². The van der Waals surface area contributed by atoms with Crippen LogP contribution in [0.1, 0.15) is 19.8 Å². The van der Waals surface area contributed by atoms with Gasteiger partial charge in [-0.05, 0) is 19.8 Å². The molecule has 0 aliphatic carbocycles. The molecule has 0 amide bonds. The highest BCUT2D eigenvalue weighted by molar-refractivity contribution is 4.71. The van der Waals surface area contributed by atoms with Crippen LogP contribution in [0, 0.1) is 0 Å². The summed E-state index contributed by atoms with van der Waals surface area (Å²) in [6.45, 7) is 7.01. The van der Waals surface area contributed by atoms with Crippen molar-refractivity contribution in [3.05, 3.63) is 0 Å². The summed E-state index contributed by atoms with van der Waals surface area (Å²) < 4.78 is 5.26. The molecule has 102 valence electrons. The maximum absolute atomic E-state index is 9.88. The maximum atomic E-state index is 9.88. The number of aliphatic hydroxyl groups is 2. The number of nitrogens with zero attached hydrogens (tertiary/aromatic N) is 1. The van der Waals surface area contributed by atoms with Crippen molar-refractivity contribution in [2.75, 3.05) is 46.0 Å². The van der Waals surface area contributed by atoms with E-state index in [0.717, 1.165) is 39.1 Å². The van der Waals surface area contributed by atoms with Gasteiger partial charge >= 0.3 is 0 Å². The molecular formula is C12H26N2O3. The van der Waals surface area contributed by atoms with Gasteiger partial charge in [-0.1, -0.05) is 0 Å². The molecule has 1 fully saturated rings.